The molecule has 0 aromatic carbocycles. The van der Waals surface area contributed by atoms with Crippen LogP contribution in [0.1, 0.15) is 18.7 Å². The number of aliphatic hydroxyl groups excluding tert-OH is 3. The van der Waals surface area contributed by atoms with Gasteiger partial charge >= 0.3 is 29.1 Å². The van der Waals surface area contributed by atoms with Crippen LogP contribution in [0.5, 0.6) is 0 Å². The minimum atomic E-state index is -6.23. The molecule has 2 fully saturated rings. The van der Waals surface area contributed by atoms with E-state index in [2.05, 4.69) is 53.0 Å². The first-order valence-electron chi connectivity index (χ1n) is 21.0. The number of halogens is 1. The molecule has 38 nitrogen and oxygen atoms in total. The smallest absolute Gasteiger partial charge is 0.490 e. The van der Waals surface area contributed by atoms with Gasteiger partial charge in [0.1, 0.15) is 48.5 Å². The van der Waals surface area contributed by atoms with Gasteiger partial charge in [0.05, 0.1) is 52.7 Å². The number of anilines is 3. The number of phosphoric ester groups is 3. The number of fused-ring (bicyclic) bond motifs is 3. The van der Waals surface area contributed by atoms with E-state index < -0.39 is 137 Å². The quantitative estimate of drug-likeness (QED) is 0.0214. The van der Waals surface area contributed by atoms with Gasteiger partial charge in [-0.2, -0.15) is 13.6 Å². The average Bonchev–Trinajstić information content (AvgIpc) is 4.13. The number of nitrogen functional groups attached to an aromatic ring is 3. The minimum Gasteiger partial charge on any atom is -0.756 e. The van der Waals surface area contributed by atoms with Crippen molar-refractivity contribution < 1.29 is 108 Å². The summed E-state index contributed by atoms with van der Waals surface area (Å²) in [6.07, 6.45) is -13.5. The summed E-state index contributed by atoms with van der Waals surface area (Å²) in [5, 5.41) is 32.0. The Morgan fingerprint density at radius 3 is 2.16 bits per heavy atom. The summed E-state index contributed by atoms with van der Waals surface area (Å²) >= 11 is 0. The number of phosphoric acid groups is 4. The Labute approximate surface area is 415 Å². The number of aromatic nitrogens is 12. The maximum absolute atomic E-state index is 15.4. The van der Waals surface area contributed by atoms with Crippen LogP contribution < -0.4 is 37.8 Å². The van der Waals surface area contributed by atoms with E-state index in [1.54, 1.807) is 0 Å². The van der Waals surface area contributed by atoms with E-state index in [-0.39, 0.29) is 51.2 Å². The number of alkyl halides is 1. The maximum Gasteiger partial charge on any atom is 0.490 e. The van der Waals surface area contributed by atoms with E-state index in [0.717, 1.165) is 28.1 Å². The van der Waals surface area contributed by atoms with Crippen molar-refractivity contribution in [3.8, 4) is 0 Å². The van der Waals surface area contributed by atoms with E-state index in [1.807, 2.05) is 0 Å². The molecular formula is C32H44FN15O23P4. The predicted molar refractivity (Wildman–Crippen MR) is 238 cm³/mol. The standard InChI is InChI=1S/C32H44FN15O23P4/c1-45-11-48(26-19(45)28(53)44-32(36)42-26)29-16(33)20(49)13(68-29)5-66-74(58,59)71-75(60,61)70-73(56,57)64-4-12(67-15(7-62-2)46-9-39-17-23(34)37-8-38-24(17)46)3-63-72(54,55)65-6-14-21(50)22(51)30(69-14)47-10-40-18-25(47)41-31(35)43-27(18)52/h8-16,20-22,29-30,49-51H,3-7H2,1-2H3,(H11-,34,35,36,37,38,41,42,43,44,52,53,54,55,56,57,58,59,60,61)/t12-,13+,14+,15+,16-,20?,21-,22?,29+,30+/m0/s1. The van der Waals surface area contributed by atoms with E-state index >= 15 is 4.39 Å². The summed E-state index contributed by atoms with van der Waals surface area (Å²) in [6.45, 7) is -5.18. The monoisotopic (exact) mass is 1150 g/mol. The molecule has 43 heteroatoms. The molecule has 6 unspecified atom stereocenters. The molecule has 8 rings (SSSR count). The number of ether oxygens (including phenoxy) is 4. The summed E-state index contributed by atoms with van der Waals surface area (Å²) in [6, 6.07) is 0. The first kappa shape index (κ1) is 56.0. The lowest BCUT2D eigenvalue weighted by Crippen LogP contribution is -2.44. The first-order chi connectivity index (χ1) is 35.2. The van der Waals surface area contributed by atoms with Crippen LogP contribution in [0.15, 0.2) is 34.9 Å². The molecule has 2 saturated heterocycles. The lowest BCUT2D eigenvalue weighted by atomic mass is 10.1. The topological polar surface area (TPSA) is 545 Å². The van der Waals surface area contributed by atoms with Crippen molar-refractivity contribution in [3.63, 3.8) is 0 Å². The molecule has 75 heavy (non-hydrogen) atoms. The molecule has 0 bridgehead atoms. The largest absolute Gasteiger partial charge is 0.756 e. The van der Waals surface area contributed by atoms with Crippen LogP contribution >= 0.6 is 31.3 Å². The highest BCUT2D eigenvalue weighted by Crippen LogP contribution is 2.68. The SMILES string of the molecule is COC[C@@H](O[C@@H](COP(=O)([O-])OC[C@H]1O[C@@H](n2cnc3c(=O)[nH]c(N)nc32)C(O)[C@H]1O)COP(=O)(O)OP(=O)(O)OP(=O)(O)OC[C@H]1O[C@@H]([n+]2cn(C)c3c(=O)[nH]c(N)nc32)[C@@H](F)C1O)n1cnc2c(N)ncnc21. The molecule has 0 spiro atoms. The molecular weight excluding hydrogens is 1110 g/mol. The molecule has 0 aliphatic carbocycles. The second-order valence-electron chi connectivity index (χ2n) is 16.0. The number of aryl methyl sites for hydroxylation is 1. The van der Waals surface area contributed by atoms with Crippen molar-refractivity contribution in [2.45, 2.75) is 61.5 Å². The third-order valence-corrected chi connectivity index (χ3v) is 16.0. The number of H-pyrrole nitrogens is 2. The summed E-state index contributed by atoms with van der Waals surface area (Å²) in [5.41, 5.74) is 15.1. The summed E-state index contributed by atoms with van der Waals surface area (Å²) in [5.74, 6) is -0.757. The third-order valence-electron chi connectivity index (χ3n) is 10.8. The molecule has 0 amide bonds. The maximum atomic E-state index is 15.4. The third kappa shape index (κ3) is 12.3. The fourth-order valence-electron chi connectivity index (χ4n) is 7.55. The number of aliphatic hydroxyl groups is 3. The number of nitrogens with two attached hydrogens (primary N) is 3. The van der Waals surface area contributed by atoms with Crippen LogP contribution in [0, 0.1) is 0 Å². The van der Waals surface area contributed by atoms with Gasteiger partial charge in [-0.1, -0.05) is 4.98 Å². The highest BCUT2D eigenvalue weighted by atomic mass is 31.3. The number of hydrogen-bond donors (Lipinski definition) is 11. The van der Waals surface area contributed by atoms with Crippen LogP contribution in [-0.4, -0.2) is 167 Å². The van der Waals surface area contributed by atoms with E-state index in [1.165, 1.54) is 29.6 Å². The lowest BCUT2D eigenvalue weighted by Gasteiger charge is -2.29. The van der Waals surface area contributed by atoms with Gasteiger partial charge in [-0.05, 0) is 0 Å². The van der Waals surface area contributed by atoms with Gasteiger partial charge in [-0.25, -0.2) is 42.6 Å². The fourth-order valence-corrected chi connectivity index (χ4v) is 11.8. The van der Waals surface area contributed by atoms with Crippen molar-refractivity contribution in [1.29, 1.82) is 0 Å². The number of methoxy groups -OCH3 is 1. The zero-order valence-corrected chi connectivity index (χ0v) is 41.7. The molecule has 6 aromatic heterocycles. The Balaban J connectivity index is 0.913. The minimum absolute atomic E-state index is 0.0289. The van der Waals surface area contributed by atoms with Crippen molar-refractivity contribution >= 4 is 82.5 Å². The second-order valence-corrected chi connectivity index (χ2v) is 22.1. The summed E-state index contributed by atoms with van der Waals surface area (Å²) in [7, 11) is -21.1. The van der Waals surface area contributed by atoms with E-state index in [4.69, 9.17) is 49.7 Å². The highest BCUT2D eigenvalue weighted by Gasteiger charge is 2.51. The van der Waals surface area contributed by atoms with Crippen LogP contribution in [0.2, 0.25) is 0 Å². The highest BCUT2D eigenvalue weighted by molar-refractivity contribution is 7.66. The average molecular weight is 1150 g/mol. The van der Waals surface area contributed by atoms with Gasteiger partial charge in [0, 0.05) is 7.11 Å². The first-order valence-corrected chi connectivity index (χ1v) is 27.0. The van der Waals surface area contributed by atoms with E-state index in [0.29, 0.717) is 0 Å². The predicted octanol–water partition coefficient (Wildman–Crippen LogP) is -4.12. The Bertz CT molecular complexity index is 3400. The number of hydrogen-bond acceptors (Lipinski definition) is 29. The number of imidazole rings is 3. The van der Waals surface area contributed by atoms with Gasteiger partial charge in [0.2, 0.25) is 17.7 Å². The van der Waals surface area contributed by atoms with Crippen molar-refractivity contribution in [2.75, 3.05) is 57.3 Å². The van der Waals surface area contributed by atoms with Crippen molar-refractivity contribution in [3.05, 3.63) is 46.0 Å². The van der Waals surface area contributed by atoms with Crippen LogP contribution in [0.3, 0.4) is 0 Å². The Morgan fingerprint density at radius 2 is 1.44 bits per heavy atom. The second kappa shape index (κ2) is 21.7. The van der Waals surface area contributed by atoms with Gasteiger partial charge in [-0.3, -0.25) is 46.9 Å². The Hall–Kier alpha value is -5.18. The molecule has 6 aromatic rings. The molecule has 412 valence electrons. The van der Waals surface area contributed by atoms with Gasteiger partial charge in [0.15, 0.2) is 47.6 Å². The summed E-state index contributed by atoms with van der Waals surface area (Å²) in [4.78, 5) is 97.2. The molecule has 2 aliphatic heterocycles. The number of aromatic amines is 2. The number of nitrogens with one attached hydrogen (secondary N) is 2. The molecule has 14 atom stereocenters. The molecule has 0 saturated carbocycles. The van der Waals surface area contributed by atoms with Gasteiger partial charge in [0.25, 0.3) is 24.9 Å². The number of nitrogens with zero attached hydrogens (tertiary/aromatic N) is 10. The van der Waals surface area contributed by atoms with Gasteiger partial charge < -0.3 is 80.1 Å². The number of rotatable bonds is 23. The van der Waals surface area contributed by atoms with Crippen LogP contribution in [-0.2, 0) is 71.0 Å². The zero-order chi connectivity index (χ0) is 54.5. The molecule has 2 aliphatic rings. The molecule has 8 heterocycles. The Morgan fingerprint density at radius 1 is 0.800 bits per heavy atom. The van der Waals surface area contributed by atoms with Gasteiger partial charge in [-0.15, -0.1) is 0 Å². The van der Waals surface area contributed by atoms with Crippen molar-refractivity contribution in [2.24, 2.45) is 7.05 Å². The van der Waals surface area contributed by atoms with E-state index in [9.17, 15) is 62.7 Å². The lowest BCUT2D eigenvalue weighted by molar-refractivity contribution is -0.744. The Kier molecular flexibility index (Phi) is 16.2. The zero-order valence-electron chi connectivity index (χ0n) is 38.1. The van der Waals surface area contributed by atoms with Crippen molar-refractivity contribution in [1.82, 2.24) is 53.6 Å². The summed E-state index contributed by atoms with van der Waals surface area (Å²) < 4.78 is 122. The fraction of sp³-hybridized carbons (Fsp3) is 0.531. The normalized spacial score (nSPS) is 26.3. The molecule has 0 radical (unpaired) electrons. The van der Waals surface area contributed by atoms with Crippen LogP contribution in [0.4, 0.5) is 22.1 Å². The van der Waals surface area contributed by atoms with Crippen LogP contribution in [0.25, 0.3) is 33.5 Å². The molecule has 14 N–H and O–H groups in total.